The summed E-state index contributed by atoms with van der Waals surface area (Å²) in [5.74, 6) is -1.32. The Bertz CT molecular complexity index is 563. The number of hydrogen-bond donors (Lipinski definition) is 2. The van der Waals surface area contributed by atoms with Crippen molar-refractivity contribution >= 4 is 17.6 Å². The van der Waals surface area contributed by atoms with Crippen molar-refractivity contribution in [2.24, 2.45) is 0 Å². The predicted molar refractivity (Wildman–Crippen MR) is 82.2 cm³/mol. The second-order valence-electron chi connectivity index (χ2n) is 6.14. The number of aliphatic carboxylic acids is 1. The van der Waals surface area contributed by atoms with Crippen LogP contribution in [-0.2, 0) is 24.6 Å². The fraction of sp³-hybridized carbons (Fsp3) is 0.667. The summed E-state index contributed by atoms with van der Waals surface area (Å²) in [5, 5.41) is 15.8. The van der Waals surface area contributed by atoms with Gasteiger partial charge in [-0.15, -0.1) is 0 Å². The Kier molecular flexibility index (Phi) is 5.38. The molecule has 0 aromatic carbocycles. The number of nitrogens with zero attached hydrogens (tertiary/aromatic N) is 2. The number of hydrogen-bond acceptors (Lipinski definition) is 5. The van der Waals surface area contributed by atoms with Crippen LogP contribution in [0.15, 0.2) is 12.4 Å². The smallest absolute Gasteiger partial charge is 0.331 e. The lowest BCUT2D eigenvalue weighted by Gasteiger charge is -2.19. The lowest BCUT2D eigenvalue weighted by atomic mass is 10.1. The molecule has 1 amide bonds. The van der Waals surface area contributed by atoms with Crippen molar-refractivity contribution < 1.29 is 24.2 Å². The van der Waals surface area contributed by atoms with Gasteiger partial charge in [0.15, 0.2) is 5.54 Å². The summed E-state index contributed by atoms with van der Waals surface area (Å²) in [6.45, 7) is 5.85. The molecule has 2 heterocycles. The van der Waals surface area contributed by atoms with Crippen LogP contribution in [-0.4, -0.2) is 52.2 Å². The number of aromatic nitrogens is 2. The molecular formula is C15H23N3O5. The second-order valence-corrected chi connectivity index (χ2v) is 6.14. The number of rotatable bonds is 7. The van der Waals surface area contributed by atoms with Gasteiger partial charge in [0.2, 0.25) is 0 Å². The van der Waals surface area contributed by atoms with Crippen molar-refractivity contribution in [1.82, 2.24) is 9.78 Å². The Morgan fingerprint density at radius 2 is 2.35 bits per heavy atom. The largest absolute Gasteiger partial charge is 0.479 e. The topological polar surface area (TPSA) is 103 Å². The van der Waals surface area contributed by atoms with E-state index in [4.69, 9.17) is 14.6 Å². The number of carboxylic acid groups (broad SMARTS) is 1. The highest BCUT2D eigenvalue weighted by atomic mass is 16.5. The van der Waals surface area contributed by atoms with Gasteiger partial charge in [0, 0.05) is 12.8 Å². The van der Waals surface area contributed by atoms with E-state index in [0.717, 1.165) is 19.4 Å². The number of carbonyl (C=O) groups excluding carboxylic acids is 1. The number of carbonyl (C=O) groups is 2. The average molecular weight is 325 g/mol. The summed E-state index contributed by atoms with van der Waals surface area (Å²) in [6.07, 6.45) is 4.30. The standard InChI is InChI=1S/C15H23N3O5/c1-10(23-9-12-5-4-6-22-12)13(19)17-11-7-16-18(8-11)15(2,3)14(20)21/h7-8,10,12H,4-6,9H2,1-3H3,(H,17,19)(H,20,21). The number of amides is 1. The van der Waals surface area contributed by atoms with Gasteiger partial charge >= 0.3 is 5.97 Å². The zero-order chi connectivity index (χ0) is 17.0. The third kappa shape index (κ3) is 4.29. The molecule has 128 valence electrons. The van der Waals surface area contributed by atoms with Crippen molar-refractivity contribution in [2.45, 2.75) is 51.4 Å². The Hall–Kier alpha value is -1.93. The first-order valence-electron chi connectivity index (χ1n) is 7.63. The third-order valence-corrected chi connectivity index (χ3v) is 3.87. The maximum Gasteiger partial charge on any atom is 0.331 e. The normalized spacial score (nSPS) is 19.5. The predicted octanol–water partition coefficient (Wildman–Crippen LogP) is 1.23. The van der Waals surface area contributed by atoms with Gasteiger partial charge in [-0.2, -0.15) is 5.10 Å². The molecule has 23 heavy (non-hydrogen) atoms. The van der Waals surface area contributed by atoms with Crippen LogP contribution in [0.1, 0.15) is 33.6 Å². The molecule has 0 radical (unpaired) electrons. The van der Waals surface area contributed by atoms with Crippen molar-refractivity contribution in [2.75, 3.05) is 18.5 Å². The fourth-order valence-electron chi connectivity index (χ4n) is 2.14. The van der Waals surface area contributed by atoms with Gasteiger partial charge in [-0.05, 0) is 33.6 Å². The lowest BCUT2D eigenvalue weighted by Crippen LogP contribution is -2.36. The van der Waals surface area contributed by atoms with Gasteiger partial charge < -0.3 is 19.9 Å². The average Bonchev–Trinajstić information content (AvgIpc) is 3.15. The molecule has 8 nitrogen and oxygen atoms in total. The van der Waals surface area contributed by atoms with E-state index in [1.807, 2.05) is 0 Å². The SMILES string of the molecule is CC(OCC1CCCO1)C(=O)Nc1cnn(C(C)(C)C(=O)O)c1. The van der Waals surface area contributed by atoms with Crippen LogP contribution in [0.4, 0.5) is 5.69 Å². The molecule has 1 aliphatic rings. The highest BCUT2D eigenvalue weighted by Crippen LogP contribution is 2.18. The highest BCUT2D eigenvalue weighted by molar-refractivity contribution is 5.93. The molecule has 1 saturated heterocycles. The van der Waals surface area contributed by atoms with E-state index in [-0.39, 0.29) is 12.0 Å². The summed E-state index contributed by atoms with van der Waals surface area (Å²) in [7, 11) is 0. The van der Waals surface area contributed by atoms with E-state index in [1.165, 1.54) is 30.9 Å². The minimum Gasteiger partial charge on any atom is -0.479 e. The molecule has 0 saturated carbocycles. The summed E-state index contributed by atoms with van der Waals surface area (Å²) >= 11 is 0. The molecule has 0 bridgehead atoms. The molecule has 1 fully saturated rings. The van der Waals surface area contributed by atoms with Gasteiger partial charge in [0.05, 0.1) is 24.6 Å². The van der Waals surface area contributed by atoms with E-state index in [1.54, 1.807) is 6.92 Å². The number of anilines is 1. The van der Waals surface area contributed by atoms with Gasteiger partial charge in [-0.3, -0.25) is 9.48 Å². The molecule has 2 unspecified atom stereocenters. The van der Waals surface area contributed by atoms with E-state index in [2.05, 4.69) is 10.4 Å². The fourth-order valence-corrected chi connectivity index (χ4v) is 2.14. The van der Waals surface area contributed by atoms with Crippen molar-refractivity contribution in [3.05, 3.63) is 12.4 Å². The van der Waals surface area contributed by atoms with E-state index >= 15 is 0 Å². The second kappa shape index (κ2) is 7.10. The van der Waals surface area contributed by atoms with E-state index in [0.29, 0.717) is 12.3 Å². The zero-order valence-electron chi connectivity index (χ0n) is 13.6. The molecule has 1 aromatic heterocycles. The molecule has 2 atom stereocenters. The van der Waals surface area contributed by atoms with Crippen LogP contribution in [0.3, 0.4) is 0 Å². The van der Waals surface area contributed by atoms with Crippen LogP contribution < -0.4 is 5.32 Å². The molecule has 1 aromatic rings. The Balaban J connectivity index is 1.87. The number of carboxylic acids is 1. The molecular weight excluding hydrogens is 302 g/mol. The van der Waals surface area contributed by atoms with Gasteiger partial charge in [-0.1, -0.05) is 0 Å². The first-order valence-corrected chi connectivity index (χ1v) is 7.63. The highest BCUT2D eigenvalue weighted by Gasteiger charge is 2.30. The monoisotopic (exact) mass is 325 g/mol. The first-order chi connectivity index (χ1) is 10.8. The number of ether oxygens (including phenoxy) is 2. The minimum absolute atomic E-state index is 0.0596. The van der Waals surface area contributed by atoms with Gasteiger partial charge in [0.25, 0.3) is 5.91 Å². The van der Waals surface area contributed by atoms with Crippen LogP contribution in [0, 0.1) is 0 Å². The molecule has 1 aliphatic heterocycles. The van der Waals surface area contributed by atoms with E-state index < -0.39 is 17.6 Å². The molecule has 2 rings (SSSR count). The molecule has 0 aliphatic carbocycles. The van der Waals surface area contributed by atoms with Crippen LogP contribution in [0.25, 0.3) is 0 Å². The quantitative estimate of drug-likeness (QED) is 0.781. The van der Waals surface area contributed by atoms with Crippen LogP contribution in [0.5, 0.6) is 0 Å². The van der Waals surface area contributed by atoms with Crippen molar-refractivity contribution in [3.63, 3.8) is 0 Å². The lowest BCUT2D eigenvalue weighted by molar-refractivity contribution is -0.146. The Morgan fingerprint density at radius 3 is 2.96 bits per heavy atom. The molecule has 0 spiro atoms. The summed E-state index contributed by atoms with van der Waals surface area (Å²) in [4.78, 5) is 23.3. The zero-order valence-corrected chi connectivity index (χ0v) is 13.6. The Morgan fingerprint density at radius 1 is 1.61 bits per heavy atom. The molecule has 8 heteroatoms. The summed E-state index contributed by atoms with van der Waals surface area (Å²) < 4.78 is 12.2. The van der Waals surface area contributed by atoms with Gasteiger partial charge in [0.1, 0.15) is 6.10 Å². The van der Waals surface area contributed by atoms with E-state index in [9.17, 15) is 9.59 Å². The first kappa shape index (κ1) is 17.4. The summed E-state index contributed by atoms with van der Waals surface area (Å²) in [5.41, 5.74) is -0.762. The minimum atomic E-state index is -1.19. The number of nitrogens with one attached hydrogen (secondary N) is 1. The van der Waals surface area contributed by atoms with Crippen LogP contribution in [0.2, 0.25) is 0 Å². The third-order valence-electron chi connectivity index (χ3n) is 3.87. The Labute approximate surface area is 134 Å². The maximum atomic E-state index is 12.1. The molecule has 2 N–H and O–H groups in total. The van der Waals surface area contributed by atoms with Crippen LogP contribution >= 0.6 is 0 Å². The summed E-state index contributed by atoms with van der Waals surface area (Å²) in [6, 6.07) is 0. The van der Waals surface area contributed by atoms with Crippen molar-refractivity contribution in [1.29, 1.82) is 0 Å². The van der Waals surface area contributed by atoms with Gasteiger partial charge in [-0.25, -0.2) is 4.79 Å². The maximum absolute atomic E-state index is 12.1. The van der Waals surface area contributed by atoms with Crippen molar-refractivity contribution in [3.8, 4) is 0 Å².